The first-order valence-corrected chi connectivity index (χ1v) is 7.40. The molecule has 0 saturated heterocycles. The normalized spacial score (nSPS) is 10.7. The van der Waals surface area contributed by atoms with E-state index in [-0.39, 0.29) is 0 Å². The maximum absolute atomic E-state index is 6.11. The second-order valence-corrected chi connectivity index (χ2v) is 5.49. The Morgan fingerprint density at radius 2 is 1.86 bits per heavy atom. The highest BCUT2D eigenvalue weighted by molar-refractivity contribution is 6.31. The van der Waals surface area contributed by atoms with E-state index in [1.165, 1.54) is 0 Å². The van der Waals surface area contributed by atoms with Crippen LogP contribution in [-0.4, -0.2) is 10.2 Å². The zero-order valence-electron chi connectivity index (χ0n) is 12.4. The van der Waals surface area contributed by atoms with Crippen molar-refractivity contribution in [2.45, 2.75) is 20.4 Å². The van der Waals surface area contributed by atoms with Crippen molar-refractivity contribution in [3.8, 4) is 11.5 Å². The van der Waals surface area contributed by atoms with Crippen molar-refractivity contribution in [3.05, 3.63) is 64.5 Å². The van der Waals surface area contributed by atoms with Gasteiger partial charge in [0.2, 0.25) is 11.8 Å². The second-order valence-electron chi connectivity index (χ2n) is 5.08. The lowest BCUT2D eigenvalue weighted by Crippen LogP contribution is -2.01. The molecule has 5 heteroatoms. The van der Waals surface area contributed by atoms with E-state index in [1.807, 2.05) is 56.3 Å². The van der Waals surface area contributed by atoms with Crippen molar-refractivity contribution in [2.24, 2.45) is 0 Å². The molecule has 1 N–H and O–H groups in total. The van der Waals surface area contributed by atoms with Crippen LogP contribution in [0.25, 0.3) is 11.5 Å². The number of anilines is 1. The summed E-state index contributed by atoms with van der Waals surface area (Å²) in [7, 11) is 0. The summed E-state index contributed by atoms with van der Waals surface area (Å²) in [5.74, 6) is 1.08. The van der Waals surface area contributed by atoms with Gasteiger partial charge in [-0.15, -0.1) is 10.2 Å². The Bertz CT molecular complexity index is 798. The molecule has 0 unspecified atom stereocenters. The molecule has 112 valence electrons. The molecule has 0 spiro atoms. The van der Waals surface area contributed by atoms with E-state index in [0.29, 0.717) is 18.3 Å². The third kappa shape index (κ3) is 2.97. The first kappa shape index (κ1) is 14.6. The zero-order valence-corrected chi connectivity index (χ0v) is 13.2. The molecule has 22 heavy (non-hydrogen) atoms. The van der Waals surface area contributed by atoms with Crippen molar-refractivity contribution in [1.29, 1.82) is 0 Å². The van der Waals surface area contributed by atoms with Gasteiger partial charge in [-0.2, -0.15) is 0 Å². The number of nitrogens with zero attached hydrogens (tertiary/aromatic N) is 2. The molecule has 0 atom stereocenters. The molecule has 1 aromatic heterocycles. The van der Waals surface area contributed by atoms with E-state index in [0.717, 1.165) is 27.4 Å². The number of rotatable bonds is 4. The van der Waals surface area contributed by atoms with Crippen LogP contribution in [0.5, 0.6) is 0 Å². The highest BCUT2D eigenvalue weighted by Crippen LogP contribution is 2.24. The van der Waals surface area contributed by atoms with Crippen LogP contribution in [0.1, 0.15) is 17.0 Å². The average molecular weight is 314 g/mol. The monoisotopic (exact) mass is 313 g/mol. The third-order valence-corrected chi connectivity index (χ3v) is 3.95. The fraction of sp³-hybridized carbons (Fsp3) is 0.176. The van der Waals surface area contributed by atoms with E-state index in [2.05, 4.69) is 15.5 Å². The Hall–Kier alpha value is -2.33. The number of aromatic nitrogens is 2. The third-order valence-electron chi connectivity index (χ3n) is 3.54. The van der Waals surface area contributed by atoms with Crippen LogP contribution in [0.3, 0.4) is 0 Å². The van der Waals surface area contributed by atoms with Crippen molar-refractivity contribution >= 4 is 17.3 Å². The highest BCUT2D eigenvalue weighted by Gasteiger charge is 2.10. The Morgan fingerprint density at radius 3 is 2.68 bits per heavy atom. The van der Waals surface area contributed by atoms with E-state index in [4.69, 9.17) is 16.0 Å². The molecule has 0 amide bonds. The molecule has 3 rings (SSSR count). The first-order valence-electron chi connectivity index (χ1n) is 7.02. The molecule has 0 aliphatic heterocycles. The maximum Gasteiger partial charge on any atom is 0.248 e. The predicted octanol–water partition coefficient (Wildman–Crippen LogP) is 4.62. The zero-order chi connectivity index (χ0) is 15.5. The molecule has 2 aromatic carbocycles. The van der Waals surface area contributed by atoms with Gasteiger partial charge in [-0.1, -0.05) is 35.9 Å². The molecule has 0 bridgehead atoms. The lowest BCUT2D eigenvalue weighted by Gasteiger charge is -2.08. The summed E-state index contributed by atoms with van der Waals surface area (Å²) >= 11 is 6.11. The van der Waals surface area contributed by atoms with Gasteiger partial charge in [0.25, 0.3) is 0 Å². The number of hydrogen-bond donors (Lipinski definition) is 1. The van der Waals surface area contributed by atoms with Gasteiger partial charge in [0.1, 0.15) is 0 Å². The summed E-state index contributed by atoms with van der Waals surface area (Å²) in [5, 5.41) is 12.2. The molecule has 0 saturated carbocycles. The summed E-state index contributed by atoms with van der Waals surface area (Å²) in [6, 6.07) is 13.7. The Morgan fingerprint density at radius 1 is 1.05 bits per heavy atom. The molecule has 0 aliphatic rings. The smallest absolute Gasteiger partial charge is 0.248 e. The molecule has 0 fully saturated rings. The van der Waals surface area contributed by atoms with E-state index >= 15 is 0 Å². The minimum Gasteiger partial charge on any atom is -0.419 e. The van der Waals surface area contributed by atoms with Crippen LogP contribution in [0, 0.1) is 13.8 Å². The fourth-order valence-corrected chi connectivity index (χ4v) is 2.39. The van der Waals surface area contributed by atoms with Crippen LogP contribution >= 0.6 is 11.6 Å². The van der Waals surface area contributed by atoms with Gasteiger partial charge in [0.15, 0.2) is 0 Å². The van der Waals surface area contributed by atoms with E-state index < -0.39 is 0 Å². The summed E-state index contributed by atoms with van der Waals surface area (Å²) in [6.45, 7) is 4.45. The fourth-order valence-electron chi connectivity index (χ4n) is 2.22. The van der Waals surface area contributed by atoms with Crippen LogP contribution in [0.4, 0.5) is 5.69 Å². The van der Waals surface area contributed by atoms with Crippen molar-refractivity contribution < 1.29 is 4.42 Å². The molecular formula is C17H16ClN3O. The number of aryl methyl sites for hydroxylation is 1. The van der Waals surface area contributed by atoms with Gasteiger partial charge in [0, 0.05) is 16.3 Å². The summed E-state index contributed by atoms with van der Waals surface area (Å²) in [4.78, 5) is 0. The predicted molar refractivity (Wildman–Crippen MR) is 88.0 cm³/mol. The Kier molecular flexibility index (Phi) is 4.11. The van der Waals surface area contributed by atoms with Gasteiger partial charge in [-0.05, 0) is 43.2 Å². The molecular weight excluding hydrogens is 298 g/mol. The van der Waals surface area contributed by atoms with Crippen LogP contribution in [-0.2, 0) is 6.54 Å². The molecule has 0 aliphatic carbocycles. The van der Waals surface area contributed by atoms with Gasteiger partial charge >= 0.3 is 0 Å². The molecule has 3 aromatic rings. The van der Waals surface area contributed by atoms with Gasteiger partial charge in [-0.3, -0.25) is 0 Å². The highest BCUT2D eigenvalue weighted by atomic mass is 35.5. The average Bonchev–Trinajstić information content (AvgIpc) is 2.98. The summed E-state index contributed by atoms with van der Waals surface area (Å²) < 4.78 is 5.72. The van der Waals surface area contributed by atoms with Crippen molar-refractivity contribution in [3.63, 3.8) is 0 Å². The standard InChI is InChI=1S/C17H16ClN3O/c1-11-6-3-4-7-13(11)17-21-20-16(22-17)10-19-15-9-5-8-14(18)12(15)2/h3-9,19H,10H2,1-2H3. The largest absolute Gasteiger partial charge is 0.419 e. The molecule has 4 nitrogen and oxygen atoms in total. The Balaban J connectivity index is 1.75. The summed E-state index contributed by atoms with van der Waals surface area (Å²) in [5.41, 5.74) is 4.03. The van der Waals surface area contributed by atoms with Gasteiger partial charge in [0.05, 0.1) is 6.54 Å². The van der Waals surface area contributed by atoms with Crippen LogP contribution in [0.15, 0.2) is 46.9 Å². The summed E-state index contributed by atoms with van der Waals surface area (Å²) in [6.07, 6.45) is 0. The van der Waals surface area contributed by atoms with Crippen molar-refractivity contribution in [1.82, 2.24) is 10.2 Å². The lowest BCUT2D eigenvalue weighted by atomic mass is 10.1. The Labute approximate surface area is 134 Å². The topological polar surface area (TPSA) is 51.0 Å². The first-order chi connectivity index (χ1) is 10.6. The van der Waals surface area contributed by atoms with Crippen molar-refractivity contribution in [2.75, 3.05) is 5.32 Å². The SMILES string of the molecule is Cc1ccccc1-c1nnc(CNc2cccc(Cl)c2C)o1. The van der Waals surface area contributed by atoms with E-state index in [9.17, 15) is 0 Å². The minimum atomic E-state index is 0.458. The number of halogens is 1. The second kappa shape index (κ2) is 6.20. The van der Waals surface area contributed by atoms with Crippen LogP contribution < -0.4 is 5.32 Å². The minimum absolute atomic E-state index is 0.458. The molecule has 0 radical (unpaired) electrons. The lowest BCUT2D eigenvalue weighted by molar-refractivity contribution is 0.514. The number of hydrogen-bond acceptors (Lipinski definition) is 4. The maximum atomic E-state index is 6.11. The van der Waals surface area contributed by atoms with Crippen LogP contribution in [0.2, 0.25) is 5.02 Å². The van der Waals surface area contributed by atoms with Gasteiger partial charge < -0.3 is 9.73 Å². The quantitative estimate of drug-likeness (QED) is 0.763. The number of benzene rings is 2. The number of nitrogens with one attached hydrogen (secondary N) is 1. The van der Waals surface area contributed by atoms with Gasteiger partial charge in [-0.25, -0.2) is 0 Å². The molecule has 1 heterocycles. The van der Waals surface area contributed by atoms with E-state index in [1.54, 1.807) is 0 Å².